The van der Waals surface area contributed by atoms with Crippen LogP contribution in [0.5, 0.6) is 0 Å². The normalized spacial score (nSPS) is 14.3. The molecule has 0 saturated heterocycles. The summed E-state index contributed by atoms with van der Waals surface area (Å²) < 4.78 is 13.0. The molecule has 1 aromatic rings. The first-order valence-electron chi connectivity index (χ1n) is 5.62. The average molecular weight is 252 g/mol. The first-order valence-corrected chi connectivity index (χ1v) is 5.62. The lowest BCUT2D eigenvalue weighted by Gasteiger charge is -2.09. The lowest BCUT2D eigenvalue weighted by molar-refractivity contribution is -0.115. The van der Waals surface area contributed by atoms with E-state index in [2.05, 4.69) is 10.6 Å². The third-order valence-corrected chi connectivity index (χ3v) is 2.61. The zero-order valence-electron chi connectivity index (χ0n) is 9.57. The summed E-state index contributed by atoms with van der Waals surface area (Å²) in [5, 5.41) is 14.3. The van der Waals surface area contributed by atoms with E-state index in [0.717, 1.165) is 31.0 Å². The highest BCUT2D eigenvalue weighted by Crippen LogP contribution is 2.19. The number of hydrogen-bond acceptors (Lipinski definition) is 3. The van der Waals surface area contributed by atoms with E-state index >= 15 is 0 Å². The average Bonchev–Trinajstić information content (AvgIpc) is 3.09. The Morgan fingerprint density at radius 3 is 2.72 bits per heavy atom. The number of benzene rings is 1. The molecule has 0 aliphatic heterocycles. The number of aromatic carboxylic acids is 1. The number of anilines is 1. The molecule has 2 rings (SSSR count). The molecule has 0 radical (unpaired) electrons. The number of amides is 1. The van der Waals surface area contributed by atoms with Gasteiger partial charge in [-0.05, 0) is 31.0 Å². The molecule has 0 bridgehead atoms. The number of halogens is 1. The summed E-state index contributed by atoms with van der Waals surface area (Å²) in [5.41, 5.74) is -0.152. The molecule has 1 amide bonds. The molecule has 1 fully saturated rings. The van der Waals surface area contributed by atoms with Crippen LogP contribution in [0.2, 0.25) is 0 Å². The fourth-order valence-corrected chi connectivity index (χ4v) is 1.53. The highest BCUT2D eigenvalue weighted by molar-refractivity contribution is 6.01. The third-order valence-electron chi connectivity index (χ3n) is 2.61. The minimum absolute atomic E-state index is 0.0231. The molecule has 5 nitrogen and oxygen atoms in total. The minimum atomic E-state index is -1.21. The minimum Gasteiger partial charge on any atom is -0.478 e. The Hall–Kier alpha value is -1.95. The van der Waals surface area contributed by atoms with Gasteiger partial charge in [0.25, 0.3) is 0 Å². The molecule has 3 N–H and O–H groups in total. The summed E-state index contributed by atoms with van der Waals surface area (Å²) in [4.78, 5) is 22.4. The molecule has 18 heavy (non-hydrogen) atoms. The Kier molecular flexibility index (Phi) is 3.57. The van der Waals surface area contributed by atoms with Crippen LogP contribution in [0.3, 0.4) is 0 Å². The second-order valence-electron chi connectivity index (χ2n) is 4.20. The summed E-state index contributed by atoms with van der Waals surface area (Å²) >= 11 is 0. The first kappa shape index (κ1) is 12.5. The molecule has 0 aromatic heterocycles. The lowest BCUT2D eigenvalue weighted by Crippen LogP contribution is -2.30. The van der Waals surface area contributed by atoms with Gasteiger partial charge in [0.2, 0.25) is 5.91 Å². The van der Waals surface area contributed by atoms with Crippen molar-refractivity contribution < 1.29 is 19.1 Å². The van der Waals surface area contributed by atoms with Gasteiger partial charge in [-0.1, -0.05) is 0 Å². The summed E-state index contributed by atoms with van der Waals surface area (Å²) in [6.07, 6.45) is 2.10. The van der Waals surface area contributed by atoms with Crippen molar-refractivity contribution in [1.82, 2.24) is 5.32 Å². The number of carbonyl (C=O) groups excluding carboxylic acids is 1. The van der Waals surface area contributed by atoms with Crippen molar-refractivity contribution in [3.8, 4) is 0 Å². The van der Waals surface area contributed by atoms with Crippen LogP contribution in [0, 0.1) is 5.82 Å². The van der Waals surface area contributed by atoms with Crippen molar-refractivity contribution in [2.75, 3.05) is 11.9 Å². The van der Waals surface area contributed by atoms with Crippen molar-refractivity contribution >= 4 is 17.6 Å². The predicted octanol–water partition coefficient (Wildman–Crippen LogP) is 1.21. The Bertz CT molecular complexity index is 486. The van der Waals surface area contributed by atoms with Crippen LogP contribution in [0.25, 0.3) is 0 Å². The van der Waals surface area contributed by atoms with Gasteiger partial charge in [0.15, 0.2) is 0 Å². The summed E-state index contributed by atoms with van der Waals surface area (Å²) in [5.74, 6) is -2.18. The number of carboxylic acid groups (broad SMARTS) is 1. The Morgan fingerprint density at radius 1 is 1.39 bits per heavy atom. The van der Waals surface area contributed by atoms with E-state index in [1.54, 1.807) is 0 Å². The van der Waals surface area contributed by atoms with Gasteiger partial charge in [-0.25, -0.2) is 9.18 Å². The Labute approximate surface area is 103 Å². The van der Waals surface area contributed by atoms with E-state index in [4.69, 9.17) is 5.11 Å². The van der Waals surface area contributed by atoms with Gasteiger partial charge in [-0.15, -0.1) is 0 Å². The fraction of sp³-hybridized carbons (Fsp3) is 0.333. The maximum atomic E-state index is 13.0. The molecular weight excluding hydrogens is 239 g/mol. The van der Waals surface area contributed by atoms with Crippen molar-refractivity contribution in [1.29, 1.82) is 0 Å². The Balaban J connectivity index is 2.03. The van der Waals surface area contributed by atoms with E-state index in [1.165, 1.54) is 0 Å². The smallest absolute Gasteiger partial charge is 0.337 e. The predicted molar refractivity (Wildman–Crippen MR) is 63.0 cm³/mol. The van der Waals surface area contributed by atoms with E-state index < -0.39 is 11.8 Å². The van der Waals surface area contributed by atoms with Crippen LogP contribution in [-0.2, 0) is 4.79 Å². The maximum absolute atomic E-state index is 13.0. The molecule has 1 aliphatic carbocycles. The molecule has 6 heteroatoms. The van der Waals surface area contributed by atoms with E-state index in [0.29, 0.717) is 6.04 Å². The third kappa shape index (κ3) is 3.27. The van der Waals surface area contributed by atoms with E-state index in [9.17, 15) is 14.0 Å². The first-order chi connectivity index (χ1) is 8.56. The summed E-state index contributed by atoms with van der Waals surface area (Å²) in [6, 6.07) is 3.55. The summed E-state index contributed by atoms with van der Waals surface area (Å²) in [7, 11) is 0. The lowest BCUT2D eigenvalue weighted by atomic mass is 10.1. The number of nitrogens with one attached hydrogen (secondary N) is 2. The number of hydrogen-bond donors (Lipinski definition) is 3. The van der Waals surface area contributed by atoms with Gasteiger partial charge in [-0.2, -0.15) is 0 Å². The fourth-order valence-electron chi connectivity index (χ4n) is 1.53. The highest BCUT2D eigenvalue weighted by atomic mass is 19.1. The number of carboxylic acids is 1. The molecule has 0 heterocycles. The molecule has 1 aliphatic rings. The SMILES string of the molecule is O=C(CNC1CC1)Nc1cc(F)ccc1C(=O)O. The van der Waals surface area contributed by atoms with E-state index in [-0.39, 0.29) is 23.7 Å². The molecule has 96 valence electrons. The van der Waals surface area contributed by atoms with Gasteiger partial charge in [0.1, 0.15) is 5.82 Å². The van der Waals surface area contributed by atoms with Crippen molar-refractivity contribution in [3.05, 3.63) is 29.6 Å². The monoisotopic (exact) mass is 252 g/mol. The van der Waals surface area contributed by atoms with Gasteiger partial charge in [0.05, 0.1) is 17.8 Å². The van der Waals surface area contributed by atoms with Crippen LogP contribution >= 0.6 is 0 Å². The zero-order valence-corrected chi connectivity index (χ0v) is 9.57. The standard InChI is InChI=1S/C12H13FN2O3/c13-7-1-4-9(12(17)18)10(5-7)15-11(16)6-14-8-2-3-8/h1,4-5,8,14H,2-3,6H2,(H,15,16)(H,17,18). The maximum Gasteiger partial charge on any atom is 0.337 e. The largest absolute Gasteiger partial charge is 0.478 e. The van der Waals surface area contributed by atoms with E-state index in [1.807, 2.05) is 0 Å². The molecule has 1 saturated carbocycles. The Morgan fingerprint density at radius 2 is 2.11 bits per heavy atom. The zero-order chi connectivity index (χ0) is 13.1. The molecule has 0 spiro atoms. The second kappa shape index (κ2) is 5.14. The molecule has 0 unspecified atom stereocenters. The quantitative estimate of drug-likeness (QED) is 0.736. The summed E-state index contributed by atoms with van der Waals surface area (Å²) in [6.45, 7) is 0.0975. The topological polar surface area (TPSA) is 78.4 Å². The number of rotatable bonds is 5. The van der Waals surface area contributed by atoms with Crippen molar-refractivity contribution in [2.24, 2.45) is 0 Å². The second-order valence-corrected chi connectivity index (χ2v) is 4.20. The van der Waals surface area contributed by atoms with Crippen LogP contribution in [0.15, 0.2) is 18.2 Å². The molecule has 1 aromatic carbocycles. The highest BCUT2D eigenvalue weighted by Gasteiger charge is 2.21. The van der Waals surface area contributed by atoms with Crippen molar-refractivity contribution in [3.63, 3.8) is 0 Å². The van der Waals surface area contributed by atoms with Crippen LogP contribution in [0.4, 0.5) is 10.1 Å². The van der Waals surface area contributed by atoms with Gasteiger partial charge in [0, 0.05) is 6.04 Å². The van der Waals surface area contributed by atoms with Gasteiger partial charge < -0.3 is 15.7 Å². The molecular formula is C12H13FN2O3. The van der Waals surface area contributed by atoms with Crippen LogP contribution in [0.1, 0.15) is 23.2 Å². The van der Waals surface area contributed by atoms with Crippen LogP contribution in [-0.4, -0.2) is 29.6 Å². The molecule has 0 atom stereocenters. The van der Waals surface area contributed by atoms with Crippen LogP contribution < -0.4 is 10.6 Å². The van der Waals surface area contributed by atoms with Gasteiger partial charge in [-0.3, -0.25) is 4.79 Å². The van der Waals surface area contributed by atoms with Crippen molar-refractivity contribution in [2.45, 2.75) is 18.9 Å². The number of carbonyl (C=O) groups is 2. The van der Waals surface area contributed by atoms with Gasteiger partial charge >= 0.3 is 5.97 Å².